The van der Waals surface area contributed by atoms with Crippen LogP contribution in [0.1, 0.15) is 10.4 Å². The Morgan fingerprint density at radius 2 is 1.78 bits per heavy atom. The van der Waals surface area contributed by atoms with Crippen molar-refractivity contribution in [2.24, 2.45) is 0 Å². The molecular weight excluding hydrogens is 316 g/mol. The zero-order chi connectivity index (χ0) is 13.3. The highest BCUT2D eigenvalue weighted by Crippen LogP contribution is 2.36. The average molecular weight is 321 g/mol. The van der Waals surface area contributed by atoms with Gasteiger partial charge < -0.3 is 0 Å². The molecule has 18 heavy (non-hydrogen) atoms. The van der Waals surface area contributed by atoms with Crippen LogP contribution in [0.3, 0.4) is 0 Å². The molecule has 0 aliphatic carbocycles. The Hall–Kier alpha value is -0.800. The lowest BCUT2D eigenvalue weighted by atomic mass is 10.1. The standard InChI is InChI=1S/C12H5Cl4NO/c13-7-3-8(11(15)9(14)4-7)10-2-1-6(5-18)12(16)17-10/h1-5H. The van der Waals surface area contributed by atoms with Crippen molar-refractivity contribution in [3.8, 4) is 11.3 Å². The Morgan fingerprint density at radius 3 is 2.39 bits per heavy atom. The smallest absolute Gasteiger partial charge is 0.153 e. The number of aromatic nitrogens is 1. The second-order valence-electron chi connectivity index (χ2n) is 3.44. The van der Waals surface area contributed by atoms with Gasteiger partial charge in [0.15, 0.2) is 6.29 Å². The summed E-state index contributed by atoms with van der Waals surface area (Å²) in [4.78, 5) is 14.7. The first-order valence-corrected chi connectivity index (χ1v) is 6.30. The fourth-order valence-electron chi connectivity index (χ4n) is 1.43. The molecule has 0 aliphatic rings. The molecule has 1 aromatic heterocycles. The van der Waals surface area contributed by atoms with Crippen molar-refractivity contribution >= 4 is 52.7 Å². The third-order valence-electron chi connectivity index (χ3n) is 2.27. The van der Waals surface area contributed by atoms with Gasteiger partial charge in [-0.25, -0.2) is 4.98 Å². The molecule has 1 aromatic carbocycles. The molecule has 0 aliphatic heterocycles. The maximum absolute atomic E-state index is 10.7. The van der Waals surface area contributed by atoms with Crippen molar-refractivity contribution in [2.75, 3.05) is 0 Å². The summed E-state index contributed by atoms with van der Waals surface area (Å²) in [6.07, 6.45) is 0.631. The number of pyridine rings is 1. The second kappa shape index (κ2) is 5.45. The summed E-state index contributed by atoms with van der Waals surface area (Å²) < 4.78 is 0. The first-order valence-electron chi connectivity index (χ1n) is 4.79. The minimum absolute atomic E-state index is 0.106. The molecular formula is C12H5Cl4NO. The van der Waals surface area contributed by atoms with Gasteiger partial charge >= 0.3 is 0 Å². The van der Waals surface area contributed by atoms with Crippen LogP contribution in [0.2, 0.25) is 20.2 Å². The van der Waals surface area contributed by atoms with E-state index < -0.39 is 0 Å². The van der Waals surface area contributed by atoms with Gasteiger partial charge in [-0.3, -0.25) is 4.79 Å². The lowest BCUT2D eigenvalue weighted by molar-refractivity contribution is 0.112. The summed E-state index contributed by atoms with van der Waals surface area (Å²) in [7, 11) is 0. The van der Waals surface area contributed by atoms with Crippen LogP contribution in [0.4, 0.5) is 0 Å². The van der Waals surface area contributed by atoms with Crippen LogP contribution in [0.5, 0.6) is 0 Å². The van der Waals surface area contributed by atoms with E-state index >= 15 is 0 Å². The van der Waals surface area contributed by atoms with Gasteiger partial charge in [-0.05, 0) is 24.3 Å². The SMILES string of the molecule is O=Cc1ccc(-c2cc(Cl)cc(Cl)c2Cl)nc1Cl. The number of halogens is 4. The highest BCUT2D eigenvalue weighted by atomic mass is 35.5. The normalized spacial score (nSPS) is 10.4. The molecule has 0 saturated heterocycles. The van der Waals surface area contributed by atoms with Crippen LogP contribution in [-0.4, -0.2) is 11.3 Å². The average Bonchev–Trinajstić information content (AvgIpc) is 2.33. The van der Waals surface area contributed by atoms with Crippen LogP contribution in [0.25, 0.3) is 11.3 Å². The van der Waals surface area contributed by atoms with Gasteiger partial charge in [0, 0.05) is 10.6 Å². The van der Waals surface area contributed by atoms with Crippen LogP contribution >= 0.6 is 46.4 Å². The fourth-order valence-corrected chi connectivity index (χ4v) is 2.32. The summed E-state index contributed by atoms with van der Waals surface area (Å²) >= 11 is 23.8. The summed E-state index contributed by atoms with van der Waals surface area (Å²) in [6.45, 7) is 0. The van der Waals surface area contributed by atoms with Gasteiger partial charge in [-0.15, -0.1) is 0 Å². The van der Waals surface area contributed by atoms with E-state index in [1.807, 2.05) is 0 Å². The molecule has 0 unspecified atom stereocenters. The van der Waals surface area contributed by atoms with Crippen molar-refractivity contribution in [3.63, 3.8) is 0 Å². The highest BCUT2D eigenvalue weighted by Gasteiger charge is 2.12. The second-order valence-corrected chi connectivity index (χ2v) is 5.02. The molecule has 6 heteroatoms. The Bertz CT molecular complexity index is 628. The van der Waals surface area contributed by atoms with Crippen LogP contribution < -0.4 is 0 Å². The number of hydrogen-bond acceptors (Lipinski definition) is 2. The van der Waals surface area contributed by atoms with Crippen LogP contribution in [0, 0.1) is 0 Å². The molecule has 0 amide bonds. The first-order chi connectivity index (χ1) is 8.52. The maximum Gasteiger partial charge on any atom is 0.153 e. The fraction of sp³-hybridized carbons (Fsp3) is 0. The number of carbonyl (C=O) groups is 1. The number of nitrogens with zero attached hydrogens (tertiary/aromatic N) is 1. The minimum Gasteiger partial charge on any atom is -0.298 e. The number of carbonyl (C=O) groups excluding carboxylic acids is 1. The van der Waals surface area contributed by atoms with E-state index in [2.05, 4.69) is 4.98 Å². The molecule has 0 fully saturated rings. The predicted molar refractivity (Wildman–Crippen MR) is 75.1 cm³/mol. The van der Waals surface area contributed by atoms with E-state index in [0.717, 1.165) is 0 Å². The van der Waals surface area contributed by atoms with Crippen LogP contribution in [0.15, 0.2) is 24.3 Å². The van der Waals surface area contributed by atoms with E-state index in [4.69, 9.17) is 46.4 Å². The maximum atomic E-state index is 10.7. The molecule has 0 saturated carbocycles. The van der Waals surface area contributed by atoms with Gasteiger partial charge in [-0.1, -0.05) is 46.4 Å². The molecule has 0 atom stereocenters. The first kappa shape index (κ1) is 13.6. The Morgan fingerprint density at radius 1 is 1.06 bits per heavy atom. The molecule has 1 heterocycles. The minimum atomic E-state index is 0.106. The van der Waals surface area contributed by atoms with Gasteiger partial charge in [-0.2, -0.15) is 0 Å². The molecule has 0 N–H and O–H groups in total. The highest BCUT2D eigenvalue weighted by molar-refractivity contribution is 6.45. The van der Waals surface area contributed by atoms with E-state index in [0.29, 0.717) is 38.2 Å². The lowest BCUT2D eigenvalue weighted by Gasteiger charge is -2.07. The Labute approximate surface area is 123 Å². The number of hydrogen-bond donors (Lipinski definition) is 0. The summed E-state index contributed by atoms with van der Waals surface area (Å²) in [6, 6.07) is 6.36. The van der Waals surface area contributed by atoms with Crippen molar-refractivity contribution in [1.82, 2.24) is 4.98 Å². The van der Waals surface area contributed by atoms with E-state index in [1.165, 1.54) is 6.07 Å². The summed E-state index contributed by atoms with van der Waals surface area (Å²) in [5.74, 6) is 0. The van der Waals surface area contributed by atoms with Crippen LogP contribution in [-0.2, 0) is 0 Å². The van der Waals surface area contributed by atoms with Gasteiger partial charge in [0.1, 0.15) is 5.15 Å². The predicted octanol–water partition coefficient (Wildman–Crippen LogP) is 5.17. The van der Waals surface area contributed by atoms with E-state index in [9.17, 15) is 4.79 Å². The molecule has 0 spiro atoms. The Kier molecular flexibility index (Phi) is 4.13. The molecule has 0 bridgehead atoms. The zero-order valence-electron chi connectivity index (χ0n) is 8.75. The van der Waals surface area contributed by atoms with Gasteiger partial charge in [0.25, 0.3) is 0 Å². The number of aldehydes is 1. The number of rotatable bonds is 2. The molecule has 0 radical (unpaired) electrons. The molecule has 2 nitrogen and oxygen atoms in total. The zero-order valence-corrected chi connectivity index (χ0v) is 11.8. The van der Waals surface area contributed by atoms with Crippen molar-refractivity contribution in [3.05, 3.63) is 50.0 Å². The number of benzene rings is 1. The van der Waals surface area contributed by atoms with Gasteiger partial charge in [0.2, 0.25) is 0 Å². The topological polar surface area (TPSA) is 30.0 Å². The quantitative estimate of drug-likeness (QED) is 0.434. The summed E-state index contributed by atoms with van der Waals surface area (Å²) in [5, 5.41) is 1.21. The van der Waals surface area contributed by atoms with Crippen molar-refractivity contribution in [2.45, 2.75) is 0 Å². The molecule has 2 aromatic rings. The summed E-state index contributed by atoms with van der Waals surface area (Å²) in [5.41, 5.74) is 1.37. The van der Waals surface area contributed by atoms with Crippen molar-refractivity contribution < 1.29 is 4.79 Å². The largest absolute Gasteiger partial charge is 0.298 e. The third-order valence-corrected chi connectivity index (χ3v) is 3.60. The monoisotopic (exact) mass is 319 g/mol. The van der Waals surface area contributed by atoms with E-state index in [1.54, 1.807) is 18.2 Å². The van der Waals surface area contributed by atoms with Gasteiger partial charge in [0.05, 0.1) is 21.3 Å². The van der Waals surface area contributed by atoms with Crippen molar-refractivity contribution in [1.29, 1.82) is 0 Å². The third kappa shape index (κ3) is 2.62. The lowest BCUT2D eigenvalue weighted by Crippen LogP contribution is -1.91. The van der Waals surface area contributed by atoms with E-state index in [-0.39, 0.29) is 5.15 Å². The molecule has 92 valence electrons. The molecule has 2 rings (SSSR count). The Balaban J connectivity index is 2.62.